The van der Waals surface area contributed by atoms with Gasteiger partial charge >= 0.3 is 0 Å². The van der Waals surface area contributed by atoms with E-state index in [-0.39, 0.29) is 5.82 Å². The van der Waals surface area contributed by atoms with Gasteiger partial charge in [-0.3, -0.25) is 0 Å². The zero-order chi connectivity index (χ0) is 14.7. The van der Waals surface area contributed by atoms with Crippen molar-refractivity contribution in [1.82, 2.24) is 0 Å². The van der Waals surface area contributed by atoms with Crippen molar-refractivity contribution in [3.63, 3.8) is 0 Å². The Morgan fingerprint density at radius 1 is 1.00 bits per heavy atom. The molecular weight excluding hydrogens is 267 g/mol. The molecule has 0 atom stereocenters. The molecule has 0 saturated carbocycles. The van der Waals surface area contributed by atoms with Crippen molar-refractivity contribution in [3.8, 4) is 0 Å². The number of hydrogen-bond acceptors (Lipinski definition) is 2. The first-order valence-electron chi connectivity index (χ1n) is 7.30. The molecule has 1 saturated heterocycles. The second kappa shape index (κ2) is 5.96. The Morgan fingerprint density at radius 3 is 2.43 bits per heavy atom. The first-order chi connectivity index (χ1) is 10.2. The molecule has 0 unspecified atom stereocenters. The number of hydrogen-bond donors (Lipinski definition) is 1. The number of rotatable bonds is 3. The van der Waals surface area contributed by atoms with E-state index in [1.54, 1.807) is 6.07 Å². The summed E-state index contributed by atoms with van der Waals surface area (Å²) in [6, 6.07) is 14.9. The lowest BCUT2D eigenvalue weighted by Crippen LogP contribution is -2.33. The van der Waals surface area contributed by atoms with Gasteiger partial charge in [0.1, 0.15) is 5.82 Å². The highest BCUT2D eigenvalue weighted by Gasteiger charge is 2.32. The van der Waals surface area contributed by atoms with E-state index in [9.17, 15) is 9.50 Å². The van der Waals surface area contributed by atoms with Gasteiger partial charge in [0.05, 0.1) is 5.60 Å². The van der Waals surface area contributed by atoms with E-state index in [1.807, 2.05) is 36.4 Å². The van der Waals surface area contributed by atoms with Crippen molar-refractivity contribution in [3.05, 3.63) is 71.0 Å². The maximum Gasteiger partial charge on any atom is 0.123 e. The van der Waals surface area contributed by atoms with Crippen molar-refractivity contribution in [1.29, 1.82) is 0 Å². The van der Waals surface area contributed by atoms with Gasteiger partial charge in [0.2, 0.25) is 0 Å². The van der Waals surface area contributed by atoms with Crippen molar-refractivity contribution < 1.29 is 14.2 Å². The lowest BCUT2D eigenvalue weighted by atomic mass is 9.85. The molecule has 1 fully saturated rings. The lowest BCUT2D eigenvalue weighted by Gasteiger charge is -2.32. The molecule has 1 N–H and O–H groups in total. The lowest BCUT2D eigenvalue weighted by molar-refractivity contribution is -0.0681. The van der Waals surface area contributed by atoms with E-state index in [1.165, 1.54) is 6.07 Å². The predicted molar refractivity (Wildman–Crippen MR) is 79.6 cm³/mol. The second-order valence-corrected chi connectivity index (χ2v) is 5.65. The zero-order valence-electron chi connectivity index (χ0n) is 11.9. The molecule has 0 radical (unpaired) electrons. The normalized spacial score (nSPS) is 17.6. The van der Waals surface area contributed by atoms with Crippen LogP contribution in [0.25, 0.3) is 0 Å². The van der Waals surface area contributed by atoms with E-state index < -0.39 is 5.60 Å². The Kier molecular flexibility index (Phi) is 4.04. The van der Waals surface area contributed by atoms with Gasteiger partial charge in [-0.15, -0.1) is 0 Å². The van der Waals surface area contributed by atoms with E-state index >= 15 is 0 Å². The molecule has 0 amide bonds. The topological polar surface area (TPSA) is 29.5 Å². The molecular formula is C18H19FO2. The van der Waals surface area contributed by atoms with Crippen LogP contribution in [0.3, 0.4) is 0 Å². The van der Waals surface area contributed by atoms with Gasteiger partial charge in [-0.1, -0.05) is 36.4 Å². The molecule has 0 aliphatic carbocycles. The average Bonchev–Trinajstić information content (AvgIpc) is 2.48. The minimum atomic E-state index is -0.966. The van der Waals surface area contributed by atoms with Crippen LogP contribution in [0.15, 0.2) is 48.5 Å². The van der Waals surface area contributed by atoms with Gasteiger partial charge in [0, 0.05) is 26.1 Å². The van der Waals surface area contributed by atoms with Crippen LogP contribution in [-0.2, 0) is 16.8 Å². The van der Waals surface area contributed by atoms with Crippen LogP contribution in [0.4, 0.5) is 4.39 Å². The maximum atomic E-state index is 13.9. The van der Waals surface area contributed by atoms with E-state index in [0.717, 1.165) is 11.1 Å². The maximum absolute atomic E-state index is 13.9. The molecule has 0 aromatic heterocycles. The molecule has 3 heteroatoms. The average molecular weight is 286 g/mol. The molecule has 1 aliphatic rings. The molecule has 0 spiro atoms. The number of benzene rings is 2. The molecule has 1 heterocycles. The summed E-state index contributed by atoms with van der Waals surface area (Å²) in [5, 5.41) is 10.7. The Hall–Kier alpha value is -1.71. The number of halogens is 1. The van der Waals surface area contributed by atoms with Crippen molar-refractivity contribution >= 4 is 0 Å². The molecule has 2 aromatic rings. The number of ether oxygens (including phenoxy) is 1. The molecule has 110 valence electrons. The van der Waals surface area contributed by atoms with Gasteiger partial charge in [0.25, 0.3) is 0 Å². The SMILES string of the molecule is OC1(c2cc(F)cc(Cc3ccccc3)c2)CCOCC1. The van der Waals surface area contributed by atoms with Gasteiger partial charge in [-0.2, -0.15) is 0 Å². The summed E-state index contributed by atoms with van der Waals surface area (Å²) in [5.74, 6) is -0.293. The highest BCUT2D eigenvalue weighted by atomic mass is 19.1. The van der Waals surface area contributed by atoms with E-state index in [2.05, 4.69) is 0 Å². The van der Waals surface area contributed by atoms with Gasteiger partial charge in [-0.25, -0.2) is 4.39 Å². The van der Waals surface area contributed by atoms with Crippen LogP contribution in [0.5, 0.6) is 0 Å². The summed E-state index contributed by atoms with van der Waals surface area (Å²) in [6.07, 6.45) is 1.70. The third-order valence-corrected chi connectivity index (χ3v) is 4.07. The molecule has 1 aliphatic heterocycles. The summed E-state index contributed by atoms with van der Waals surface area (Å²) < 4.78 is 19.2. The minimum Gasteiger partial charge on any atom is -0.385 e. The summed E-state index contributed by atoms with van der Waals surface area (Å²) in [5.41, 5.74) is 1.71. The summed E-state index contributed by atoms with van der Waals surface area (Å²) >= 11 is 0. The first-order valence-corrected chi connectivity index (χ1v) is 7.30. The van der Waals surface area contributed by atoms with Crippen molar-refractivity contribution in [2.75, 3.05) is 13.2 Å². The van der Waals surface area contributed by atoms with Crippen LogP contribution < -0.4 is 0 Å². The van der Waals surface area contributed by atoms with Crippen molar-refractivity contribution in [2.24, 2.45) is 0 Å². The summed E-state index contributed by atoms with van der Waals surface area (Å²) in [4.78, 5) is 0. The van der Waals surface area contributed by atoms with Crippen LogP contribution in [0, 0.1) is 5.82 Å². The van der Waals surface area contributed by atoms with Crippen LogP contribution in [0.2, 0.25) is 0 Å². The number of aliphatic hydroxyl groups is 1. The highest BCUT2D eigenvalue weighted by molar-refractivity contribution is 5.33. The molecule has 2 nitrogen and oxygen atoms in total. The standard InChI is InChI=1S/C18H19FO2/c19-17-12-15(10-14-4-2-1-3-5-14)11-16(13-17)18(20)6-8-21-9-7-18/h1-5,11-13,20H,6-10H2. The second-order valence-electron chi connectivity index (χ2n) is 5.65. The van der Waals surface area contributed by atoms with Crippen LogP contribution in [-0.4, -0.2) is 18.3 Å². The molecule has 21 heavy (non-hydrogen) atoms. The largest absolute Gasteiger partial charge is 0.385 e. The Bertz CT molecular complexity index is 604. The Labute approximate surface area is 124 Å². The van der Waals surface area contributed by atoms with Gasteiger partial charge in [0.15, 0.2) is 0 Å². The van der Waals surface area contributed by atoms with Gasteiger partial charge < -0.3 is 9.84 Å². The molecule has 3 rings (SSSR count). The molecule has 0 bridgehead atoms. The fourth-order valence-corrected chi connectivity index (χ4v) is 2.85. The fourth-order valence-electron chi connectivity index (χ4n) is 2.85. The monoisotopic (exact) mass is 286 g/mol. The summed E-state index contributed by atoms with van der Waals surface area (Å²) in [7, 11) is 0. The highest BCUT2D eigenvalue weighted by Crippen LogP contribution is 2.33. The van der Waals surface area contributed by atoms with Gasteiger partial charge in [-0.05, 0) is 35.2 Å². The van der Waals surface area contributed by atoms with Crippen LogP contribution in [0.1, 0.15) is 29.5 Å². The molecule has 2 aromatic carbocycles. The van der Waals surface area contributed by atoms with E-state index in [0.29, 0.717) is 38.0 Å². The van der Waals surface area contributed by atoms with E-state index in [4.69, 9.17) is 4.74 Å². The van der Waals surface area contributed by atoms with Crippen LogP contribution >= 0.6 is 0 Å². The fraction of sp³-hybridized carbons (Fsp3) is 0.333. The minimum absolute atomic E-state index is 0.293. The Morgan fingerprint density at radius 2 is 1.71 bits per heavy atom. The predicted octanol–water partition coefficient (Wildman–Crippen LogP) is 3.41. The summed E-state index contributed by atoms with van der Waals surface area (Å²) in [6.45, 7) is 1.03. The third kappa shape index (κ3) is 3.31. The Balaban J connectivity index is 1.89. The third-order valence-electron chi connectivity index (χ3n) is 4.07. The van der Waals surface area contributed by atoms with Crippen molar-refractivity contribution in [2.45, 2.75) is 24.9 Å². The quantitative estimate of drug-likeness (QED) is 0.937. The smallest absolute Gasteiger partial charge is 0.123 e. The zero-order valence-corrected chi connectivity index (χ0v) is 11.9. The first kappa shape index (κ1) is 14.2.